The Morgan fingerprint density at radius 2 is 1.68 bits per heavy atom. The summed E-state index contributed by atoms with van der Waals surface area (Å²) in [6.45, 7) is 2.76. The van der Waals surface area contributed by atoms with E-state index in [1.165, 1.54) is 0 Å². The topological polar surface area (TPSA) is 97.0 Å². The van der Waals surface area contributed by atoms with Gasteiger partial charge < -0.3 is 20.1 Å². The third-order valence-electron chi connectivity index (χ3n) is 7.14. The zero-order valence-electron chi connectivity index (χ0n) is 21.0. The molecule has 8 heteroatoms. The normalized spacial score (nSPS) is 20.7. The Kier molecular flexibility index (Phi) is 7.99. The van der Waals surface area contributed by atoms with Crippen molar-refractivity contribution in [1.82, 2.24) is 10.2 Å². The lowest BCUT2D eigenvalue weighted by Crippen LogP contribution is -2.52. The standard InChI is InChI=1S/C30H31N3O5/c34-19-21-9-11-25(12-10-21)31-28(35)20-37-26-8-4-7-24(17-26)29(23-5-2-1-3-6-23)32-30(36)38-27-18-33-15-13-22(27)14-16-33/h1-12,17,19,22,27,29H,13-16,18,20H2,(H,31,35)(H,32,36). The van der Waals surface area contributed by atoms with E-state index in [4.69, 9.17) is 9.47 Å². The van der Waals surface area contributed by atoms with Crippen molar-refractivity contribution in [3.63, 3.8) is 0 Å². The van der Waals surface area contributed by atoms with Crippen LogP contribution in [0.3, 0.4) is 0 Å². The molecular weight excluding hydrogens is 482 g/mol. The van der Waals surface area contributed by atoms with Crippen LogP contribution >= 0.6 is 0 Å². The van der Waals surface area contributed by atoms with Crippen LogP contribution in [0.15, 0.2) is 78.9 Å². The van der Waals surface area contributed by atoms with Crippen LogP contribution in [0.5, 0.6) is 5.75 Å². The molecule has 0 spiro atoms. The van der Waals surface area contributed by atoms with E-state index < -0.39 is 12.1 Å². The summed E-state index contributed by atoms with van der Waals surface area (Å²) in [6.07, 6.45) is 2.35. The number of fused-ring (bicyclic) bond motifs is 3. The molecule has 3 saturated heterocycles. The first kappa shape index (κ1) is 25.5. The molecule has 3 aromatic rings. The van der Waals surface area contributed by atoms with Gasteiger partial charge in [0.2, 0.25) is 0 Å². The van der Waals surface area contributed by atoms with E-state index in [0.29, 0.717) is 22.9 Å². The Balaban J connectivity index is 1.24. The minimum absolute atomic E-state index is 0.0863. The van der Waals surface area contributed by atoms with E-state index in [0.717, 1.165) is 49.9 Å². The molecule has 38 heavy (non-hydrogen) atoms. The molecule has 0 saturated carbocycles. The Morgan fingerprint density at radius 1 is 0.947 bits per heavy atom. The molecule has 2 N–H and O–H groups in total. The van der Waals surface area contributed by atoms with Gasteiger partial charge in [-0.3, -0.25) is 14.5 Å². The van der Waals surface area contributed by atoms with E-state index in [1.807, 2.05) is 48.5 Å². The molecule has 3 heterocycles. The van der Waals surface area contributed by atoms with E-state index in [9.17, 15) is 14.4 Å². The van der Waals surface area contributed by atoms with Gasteiger partial charge in [0.05, 0.1) is 6.04 Å². The van der Waals surface area contributed by atoms with Crippen molar-refractivity contribution in [2.45, 2.75) is 25.0 Å². The Bertz CT molecular complexity index is 1260. The monoisotopic (exact) mass is 513 g/mol. The SMILES string of the molecule is O=Cc1ccc(NC(=O)COc2cccc(C(NC(=O)OC3CN4CCC3CC4)c3ccccc3)c2)cc1. The van der Waals surface area contributed by atoms with Crippen molar-refractivity contribution < 1.29 is 23.9 Å². The predicted octanol–water partition coefficient (Wildman–Crippen LogP) is 4.43. The van der Waals surface area contributed by atoms with Crippen molar-refractivity contribution in [2.75, 3.05) is 31.6 Å². The molecule has 2 unspecified atom stereocenters. The van der Waals surface area contributed by atoms with E-state index in [2.05, 4.69) is 15.5 Å². The van der Waals surface area contributed by atoms with Gasteiger partial charge in [-0.1, -0.05) is 42.5 Å². The van der Waals surface area contributed by atoms with E-state index in [1.54, 1.807) is 30.3 Å². The van der Waals surface area contributed by atoms with Crippen LogP contribution in [-0.4, -0.2) is 55.5 Å². The fraction of sp³-hybridized carbons (Fsp3) is 0.300. The van der Waals surface area contributed by atoms with Gasteiger partial charge >= 0.3 is 6.09 Å². The van der Waals surface area contributed by atoms with E-state index >= 15 is 0 Å². The highest BCUT2D eigenvalue weighted by Crippen LogP contribution is 2.30. The number of hydrogen-bond acceptors (Lipinski definition) is 6. The second kappa shape index (κ2) is 11.9. The summed E-state index contributed by atoms with van der Waals surface area (Å²) >= 11 is 0. The third-order valence-corrected chi connectivity index (χ3v) is 7.14. The van der Waals surface area contributed by atoms with Gasteiger partial charge in [-0.2, -0.15) is 0 Å². The first-order valence-corrected chi connectivity index (χ1v) is 12.9. The quantitative estimate of drug-likeness (QED) is 0.411. The summed E-state index contributed by atoms with van der Waals surface area (Å²) in [5.74, 6) is 0.599. The molecule has 2 atom stereocenters. The van der Waals surface area contributed by atoms with E-state index in [-0.39, 0.29) is 18.6 Å². The van der Waals surface area contributed by atoms with Gasteiger partial charge in [0.25, 0.3) is 5.91 Å². The van der Waals surface area contributed by atoms with Crippen LogP contribution in [-0.2, 0) is 9.53 Å². The number of carbonyl (C=O) groups excluding carboxylic acids is 3. The maximum Gasteiger partial charge on any atom is 0.408 e. The molecule has 3 aliphatic heterocycles. The summed E-state index contributed by atoms with van der Waals surface area (Å²) < 4.78 is 11.6. The summed E-state index contributed by atoms with van der Waals surface area (Å²) in [6, 6.07) is 23.1. The number of rotatable bonds is 9. The number of benzene rings is 3. The number of amides is 2. The van der Waals surface area contributed by atoms with Crippen molar-refractivity contribution in [3.05, 3.63) is 95.6 Å². The number of ether oxygens (including phenoxy) is 2. The zero-order chi connectivity index (χ0) is 26.3. The predicted molar refractivity (Wildman–Crippen MR) is 143 cm³/mol. The maximum atomic E-state index is 13.0. The lowest BCUT2D eigenvalue weighted by Gasteiger charge is -2.43. The second-order valence-electron chi connectivity index (χ2n) is 9.72. The lowest BCUT2D eigenvalue weighted by atomic mass is 9.86. The summed E-state index contributed by atoms with van der Waals surface area (Å²) in [5, 5.41) is 5.80. The number of hydrogen-bond donors (Lipinski definition) is 2. The largest absolute Gasteiger partial charge is 0.484 e. The highest BCUT2D eigenvalue weighted by Gasteiger charge is 2.36. The highest BCUT2D eigenvalue weighted by atomic mass is 16.6. The third kappa shape index (κ3) is 6.39. The number of piperidine rings is 3. The molecule has 0 aliphatic carbocycles. The van der Waals surface area contributed by atoms with Crippen LogP contribution in [0.2, 0.25) is 0 Å². The Labute approximate surface area is 221 Å². The molecular formula is C30H31N3O5. The van der Waals surface area contributed by atoms with Crippen LogP contribution in [0.25, 0.3) is 0 Å². The number of nitrogens with zero attached hydrogens (tertiary/aromatic N) is 1. The lowest BCUT2D eigenvalue weighted by molar-refractivity contribution is -0.118. The molecule has 0 radical (unpaired) electrons. The number of nitrogens with one attached hydrogen (secondary N) is 2. The molecule has 3 fully saturated rings. The minimum atomic E-state index is -0.446. The number of anilines is 1. The molecule has 196 valence electrons. The number of alkyl carbamates (subject to hydrolysis) is 1. The summed E-state index contributed by atoms with van der Waals surface area (Å²) in [4.78, 5) is 38.5. The fourth-order valence-corrected chi connectivity index (χ4v) is 5.11. The minimum Gasteiger partial charge on any atom is -0.484 e. The average molecular weight is 514 g/mol. The van der Waals surface area contributed by atoms with Crippen molar-refractivity contribution in [2.24, 2.45) is 5.92 Å². The van der Waals surface area contributed by atoms with Gasteiger partial charge in [0, 0.05) is 17.8 Å². The van der Waals surface area contributed by atoms with Crippen molar-refractivity contribution in [3.8, 4) is 5.75 Å². The first-order chi connectivity index (χ1) is 18.6. The zero-order valence-corrected chi connectivity index (χ0v) is 21.0. The van der Waals surface area contributed by atoms with Gasteiger partial charge in [0.15, 0.2) is 6.61 Å². The van der Waals surface area contributed by atoms with Crippen LogP contribution < -0.4 is 15.4 Å². The van der Waals surface area contributed by atoms with Gasteiger partial charge in [-0.25, -0.2) is 4.79 Å². The summed E-state index contributed by atoms with van der Waals surface area (Å²) in [7, 11) is 0. The van der Waals surface area contributed by atoms with Gasteiger partial charge in [-0.05, 0) is 79.4 Å². The number of carbonyl (C=O) groups is 3. The molecule has 3 aromatic carbocycles. The molecule has 3 aliphatic rings. The number of aldehydes is 1. The maximum absolute atomic E-state index is 13.0. The fourth-order valence-electron chi connectivity index (χ4n) is 5.11. The van der Waals surface area contributed by atoms with Crippen molar-refractivity contribution >= 4 is 24.0 Å². The molecule has 8 nitrogen and oxygen atoms in total. The van der Waals surface area contributed by atoms with Crippen molar-refractivity contribution in [1.29, 1.82) is 0 Å². The molecule has 6 rings (SSSR count). The smallest absolute Gasteiger partial charge is 0.408 e. The average Bonchev–Trinajstić information content (AvgIpc) is 2.96. The highest BCUT2D eigenvalue weighted by molar-refractivity contribution is 5.92. The van der Waals surface area contributed by atoms with Crippen LogP contribution in [0.4, 0.5) is 10.5 Å². The first-order valence-electron chi connectivity index (χ1n) is 12.9. The van der Waals surface area contributed by atoms with Crippen LogP contribution in [0, 0.1) is 5.92 Å². The van der Waals surface area contributed by atoms with Gasteiger partial charge in [0.1, 0.15) is 18.1 Å². The molecule has 0 aromatic heterocycles. The molecule has 2 amide bonds. The molecule has 2 bridgehead atoms. The Morgan fingerprint density at radius 3 is 2.37 bits per heavy atom. The summed E-state index contributed by atoms with van der Waals surface area (Å²) in [5.41, 5.74) is 2.83. The Hall–Kier alpha value is -4.17. The van der Waals surface area contributed by atoms with Crippen LogP contribution in [0.1, 0.15) is 40.4 Å². The second-order valence-corrected chi connectivity index (χ2v) is 9.72. The van der Waals surface area contributed by atoms with Gasteiger partial charge in [-0.15, -0.1) is 0 Å².